The van der Waals surface area contributed by atoms with Gasteiger partial charge in [-0.3, -0.25) is 4.57 Å². The van der Waals surface area contributed by atoms with Gasteiger partial charge in [-0.15, -0.1) is 0 Å². The molecule has 5 nitrogen and oxygen atoms in total. The molecule has 0 aliphatic heterocycles. The second-order valence-corrected chi connectivity index (χ2v) is 4.94. The van der Waals surface area contributed by atoms with Crippen molar-refractivity contribution < 1.29 is 4.42 Å². The molecule has 3 heterocycles. The normalized spacial score (nSPS) is 11.3. The van der Waals surface area contributed by atoms with Crippen LogP contribution in [-0.2, 0) is 13.0 Å². The molecular formula is C12H11ClN4OS. The third-order valence-corrected chi connectivity index (χ3v) is 3.35. The van der Waals surface area contributed by atoms with Gasteiger partial charge in [-0.1, -0.05) is 18.5 Å². The summed E-state index contributed by atoms with van der Waals surface area (Å²) in [7, 11) is 0. The van der Waals surface area contributed by atoms with Crippen molar-refractivity contribution in [2.24, 2.45) is 0 Å². The highest BCUT2D eigenvalue weighted by Gasteiger charge is 2.10. The number of halogens is 1. The number of nitrogens with one attached hydrogen (secondary N) is 1. The molecule has 0 radical (unpaired) electrons. The Morgan fingerprint density at radius 1 is 1.42 bits per heavy atom. The lowest BCUT2D eigenvalue weighted by Gasteiger charge is -2.00. The van der Waals surface area contributed by atoms with Crippen LogP contribution < -0.4 is 0 Å². The first-order chi connectivity index (χ1) is 9.17. The number of rotatable bonds is 3. The summed E-state index contributed by atoms with van der Waals surface area (Å²) in [6.07, 6.45) is 4.15. The van der Waals surface area contributed by atoms with E-state index in [9.17, 15) is 0 Å². The first-order valence-corrected chi connectivity index (χ1v) is 6.63. The molecule has 7 heteroatoms. The Morgan fingerprint density at radius 3 is 3.00 bits per heavy atom. The third kappa shape index (κ3) is 2.29. The van der Waals surface area contributed by atoms with Crippen LogP contribution in [0.3, 0.4) is 0 Å². The Bertz CT molecular complexity index is 788. The molecule has 0 saturated heterocycles. The zero-order chi connectivity index (χ0) is 13.4. The quantitative estimate of drug-likeness (QED) is 0.753. The number of nitrogens with zero attached hydrogens (tertiary/aromatic N) is 3. The van der Waals surface area contributed by atoms with E-state index in [1.54, 1.807) is 18.5 Å². The molecule has 19 heavy (non-hydrogen) atoms. The summed E-state index contributed by atoms with van der Waals surface area (Å²) in [4.78, 5) is 11.6. The molecular weight excluding hydrogens is 284 g/mol. The van der Waals surface area contributed by atoms with E-state index in [0.717, 1.165) is 23.3 Å². The molecule has 0 amide bonds. The molecule has 3 aromatic rings. The highest BCUT2D eigenvalue weighted by atomic mass is 35.5. The molecule has 0 aliphatic rings. The van der Waals surface area contributed by atoms with Crippen molar-refractivity contribution in [1.82, 2.24) is 19.5 Å². The monoisotopic (exact) mass is 294 g/mol. The molecule has 0 saturated carbocycles. The van der Waals surface area contributed by atoms with E-state index in [4.69, 9.17) is 28.2 Å². The van der Waals surface area contributed by atoms with Gasteiger partial charge in [-0.2, -0.15) is 0 Å². The smallest absolute Gasteiger partial charge is 0.214 e. The number of pyridine rings is 1. The van der Waals surface area contributed by atoms with E-state index in [1.165, 1.54) is 0 Å². The second kappa shape index (κ2) is 4.79. The Hall–Kier alpha value is -1.66. The van der Waals surface area contributed by atoms with Crippen molar-refractivity contribution in [3.8, 4) is 0 Å². The van der Waals surface area contributed by atoms with Crippen LogP contribution >= 0.6 is 23.8 Å². The molecule has 0 unspecified atom stereocenters. The number of aromatic nitrogens is 4. The lowest BCUT2D eigenvalue weighted by Crippen LogP contribution is -2.00. The standard InChI is InChI=1S/C12H11ClN4OS/c1-2-8-5-14-10(18-8)6-17-11-9(16-12(17)19)3-7(13)4-15-11/h3-5H,2,6H2,1H3,(H,16,19). The molecule has 0 atom stereocenters. The number of aromatic amines is 1. The second-order valence-electron chi connectivity index (χ2n) is 4.11. The number of hydrogen-bond donors (Lipinski definition) is 1. The maximum Gasteiger partial charge on any atom is 0.214 e. The van der Waals surface area contributed by atoms with Crippen molar-refractivity contribution in [3.63, 3.8) is 0 Å². The Kier molecular flexibility index (Phi) is 3.12. The van der Waals surface area contributed by atoms with E-state index in [2.05, 4.69) is 15.0 Å². The van der Waals surface area contributed by atoms with Crippen LogP contribution in [0.2, 0.25) is 5.02 Å². The number of oxazole rings is 1. The summed E-state index contributed by atoms with van der Waals surface area (Å²) >= 11 is 11.2. The third-order valence-electron chi connectivity index (χ3n) is 2.82. The predicted octanol–water partition coefficient (Wildman–Crippen LogP) is 3.35. The van der Waals surface area contributed by atoms with E-state index in [0.29, 0.717) is 22.2 Å². The SMILES string of the molecule is CCc1cnc(Cn2c(=S)[nH]c3cc(Cl)cnc32)o1. The molecule has 0 aliphatic carbocycles. The van der Waals surface area contributed by atoms with Gasteiger partial charge in [-0.25, -0.2) is 9.97 Å². The maximum absolute atomic E-state index is 5.91. The predicted molar refractivity (Wildman–Crippen MR) is 74.9 cm³/mol. The Balaban J connectivity index is 2.05. The average Bonchev–Trinajstić information content (AvgIpc) is 2.95. The van der Waals surface area contributed by atoms with Gasteiger partial charge in [0.1, 0.15) is 12.3 Å². The highest BCUT2D eigenvalue weighted by molar-refractivity contribution is 7.71. The van der Waals surface area contributed by atoms with Crippen LogP contribution in [0.15, 0.2) is 22.9 Å². The van der Waals surface area contributed by atoms with Crippen molar-refractivity contribution in [2.45, 2.75) is 19.9 Å². The molecule has 0 spiro atoms. The first kappa shape index (κ1) is 12.4. The minimum absolute atomic E-state index is 0.452. The lowest BCUT2D eigenvalue weighted by molar-refractivity contribution is 0.447. The van der Waals surface area contributed by atoms with Crippen LogP contribution in [0.5, 0.6) is 0 Å². The molecule has 0 aromatic carbocycles. The molecule has 0 bridgehead atoms. The topological polar surface area (TPSA) is 59.6 Å². The van der Waals surface area contributed by atoms with Crippen LogP contribution in [0.4, 0.5) is 0 Å². The number of aryl methyl sites for hydroxylation is 1. The van der Waals surface area contributed by atoms with Gasteiger partial charge < -0.3 is 9.40 Å². The Labute approximate surface area is 119 Å². The Morgan fingerprint density at radius 2 is 2.26 bits per heavy atom. The highest BCUT2D eigenvalue weighted by Crippen LogP contribution is 2.17. The van der Waals surface area contributed by atoms with Crippen LogP contribution in [0.25, 0.3) is 11.2 Å². The van der Waals surface area contributed by atoms with Crippen molar-refractivity contribution in [2.75, 3.05) is 0 Å². The van der Waals surface area contributed by atoms with E-state index < -0.39 is 0 Å². The molecule has 98 valence electrons. The lowest BCUT2D eigenvalue weighted by atomic mass is 10.4. The minimum Gasteiger partial charge on any atom is -0.444 e. The molecule has 0 fully saturated rings. The zero-order valence-electron chi connectivity index (χ0n) is 10.2. The van der Waals surface area contributed by atoms with Crippen molar-refractivity contribution in [1.29, 1.82) is 0 Å². The number of imidazole rings is 1. The van der Waals surface area contributed by atoms with Gasteiger partial charge in [0.25, 0.3) is 0 Å². The van der Waals surface area contributed by atoms with Crippen molar-refractivity contribution >= 4 is 35.0 Å². The summed E-state index contributed by atoms with van der Waals surface area (Å²) < 4.78 is 8.00. The largest absolute Gasteiger partial charge is 0.444 e. The molecule has 3 aromatic heterocycles. The van der Waals surface area contributed by atoms with Gasteiger partial charge in [0.15, 0.2) is 10.4 Å². The van der Waals surface area contributed by atoms with Crippen LogP contribution in [0.1, 0.15) is 18.6 Å². The summed E-state index contributed by atoms with van der Waals surface area (Å²) in [5.74, 6) is 1.47. The van der Waals surface area contributed by atoms with Gasteiger partial charge in [-0.05, 0) is 18.3 Å². The fraction of sp³-hybridized carbons (Fsp3) is 0.250. The van der Waals surface area contributed by atoms with E-state index >= 15 is 0 Å². The van der Waals surface area contributed by atoms with Gasteiger partial charge >= 0.3 is 0 Å². The van der Waals surface area contributed by atoms with Crippen LogP contribution in [-0.4, -0.2) is 19.5 Å². The summed E-state index contributed by atoms with van der Waals surface area (Å²) in [5, 5.41) is 0.570. The average molecular weight is 295 g/mol. The summed E-state index contributed by atoms with van der Waals surface area (Å²) in [6, 6.07) is 1.79. The molecule has 1 N–H and O–H groups in total. The van der Waals surface area contributed by atoms with Crippen LogP contribution in [0, 0.1) is 4.77 Å². The van der Waals surface area contributed by atoms with Crippen molar-refractivity contribution in [3.05, 3.63) is 39.9 Å². The van der Waals surface area contributed by atoms with Gasteiger partial charge in [0, 0.05) is 12.6 Å². The first-order valence-electron chi connectivity index (χ1n) is 5.85. The zero-order valence-corrected chi connectivity index (χ0v) is 11.8. The minimum atomic E-state index is 0.452. The number of H-pyrrole nitrogens is 1. The fourth-order valence-electron chi connectivity index (χ4n) is 1.88. The summed E-state index contributed by atoms with van der Waals surface area (Å²) in [5.41, 5.74) is 1.55. The van der Waals surface area contributed by atoms with E-state index in [1.807, 2.05) is 11.5 Å². The summed E-state index contributed by atoms with van der Waals surface area (Å²) in [6.45, 7) is 2.47. The number of fused-ring (bicyclic) bond motifs is 1. The maximum atomic E-state index is 5.91. The molecule has 3 rings (SSSR count). The van der Waals surface area contributed by atoms with Gasteiger partial charge in [0.2, 0.25) is 5.89 Å². The van der Waals surface area contributed by atoms with Gasteiger partial charge in [0.05, 0.1) is 16.7 Å². The van der Waals surface area contributed by atoms with E-state index in [-0.39, 0.29) is 0 Å². The fourth-order valence-corrected chi connectivity index (χ4v) is 2.30. The number of hydrogen-bond acceptors (Lipinski definition) is 4.